The molecule has 0 spiro atoms. The van der Waals surface area contributed by atoms with Crippen molar-refractivity contribution in [2.45, 2.75) is 6.61 Å². The fourth-order valence-electron chi connectivity index (χ4n) is 0.0778. The van der Waals surface area contributed by atoms with Crippen LogP contribution >= 0.6 is 0 Å². The summed E-state index contributed by atoms with van der Waals surface area (Å²) in [5.74, 6) is 0. The van der Waals surface area contributed by atoms with Gasteiger partial charge in [0.15, 0.2) is 0 Å². The van der Waals surface area contributed by atoms with Gasteiger partial charge >= 0.3 is 14.1 Å². The fourth-order valence-corrected chi connectivity index (χ4v) is 0.0778. The molecule has 0 aliphatic heterocycles. The van der Waals surface area contributed by atoms with E-state index >= 15 is 0 Å². The minimum Gasteiger partial charge on any atom is -0.322 e. The smallest absolute Gasteiger partial charge is 0.322 e. The Bertz CT molecular complexity index is 41.0. The molecule has 0 atom stereocenters. The van der Waals surface area contributed by atoms with E-state index in [0.29, 0.717) is 0 Å². The van der Waals surface area contributed by atoms with Crippen LogP contribution in [0.2, 0.25) is 0 Å². The van der Waals surface area contributed by atoms with Crippen LogP contribution in [0.5, 0.6) is 0 Å². The van der Waals surface area contributed by atoms with Gasteiger partial charge in [-0.1, -0.05) is 0 Å². The number of hydrogen-bond acceptors (Lipinski definition) is 1. The lowest BCUT2D eigenvalue weighted by atomic mass is 10.4. The first-order chi connectivity index (χ1) is 3.13. The highest BCUT2D eigenvalue weighted by Crippen LogP contribution is 1.98. The SMILES string of the molecule is FB(F)OC(F)F. The monoisotopic (exact) mass is 116 g/mol. The van der Waals surface area contributed by atoms with E-state index in [1.165, 1.54) is 0 Å². The summed E-state index contributed by atoms with van der Waals surface area (Å²) >= 11 is 0. The normalized spacial score (nSPS) is 9.86. The summed E-state index contributed by atoms with van der Waals surface area (Å²) in [5, 5.41) is 0. The van der Waals surface area contributed by atoms with Gasteiger partial charge in [0.25, 0.3) is 0 Å². The minimum absolute atomic E-state index is 2.58. The number of alkyl halides is 2. The quantitative estimate of drug-likeness (QED) is 0.388. The first kappa shape index (κ1) is 6.74. The van der Waals surface area contributed by atoms with Crippen LogP contribution in [0.4, 0.5) is 17.4 Å². The molecule has 0 fully saturated rings. The second-order valence-corrected chi connectivity index (χ2v) is 0.657. The Morgan fingerprint density at radius 3 is 1.71 bits per heavy atom. The standard InChI is InChI=1S/CHBF4O/c3-1(4)7-2(5)6/h1H. The van der Waals surface area contributed by atoms with Gasteiger partial charge in [-0.3, -0.25) is 8.63 Å². The Morgan fingerprint density at radius 2 is 1.71 bits per heavy atom. The van der Waals surface area contributed by atoms with Gasteiger partial charge < -0.3 is 4.65 Å². The van der Waals surface area contributed by atoms with Gasteiger partial charge in [0.05, 0.1) is 0 Å². The second kappa shape index (κ2) is 2.84. The van der Waals surface area contributed by atoms with Crippen LogP contribution in [0.25, 0.3) is 0 Å². The molecule has 0 aliphatic rings. The molecule has 42 valence electrons. The zero-order valence-corrected chi connectivity index (χ0v) is 3.07. The molecule has 0 rings (SSSR count). The van der Waals surface area contributed by atoms with Gasteiger partial charge in [-0.15, -0.1) is 0 Å². The maximum atomic E-state index is 10.6. The molecule has 0 unspecified atom stereocenters. The molecule has 0 radical (unpaired) electrons. The van der Waals surface area contributed by atoms with Crippen molar-refractivity contribution < 1.29 is 22.1 Å². The summed E-state index contributed by atoms with van der Waals surface area (Å²) in [4.78, 5) is 0. The highest BCUT2D eigenvalue weighted by atomic mass is 19.3. The molecule has 0 aromatic heterocycles. The average Bonchev–Trinajstić information content (AvgIpc) is 1.27. The van der Waals surface area contributed by atoms with Crippen molar-refractivity contribution in [3.05, 3.63) is 0 Å². The average molecular weight is 116 g/mol. The molecule has 1 nitrogen and oxygen atoms in total. The van der Waals surface area contributed by atoms with E-state index in [0.717, 1.165) is 0 Å². The van der Waals surface area contributed by atoms with Gasteiger partial charge in [0.1, 0.15) is 0 Å². The minimum atomic E-state index is -3.38. The highest BCUT2D eigenvalue weighted by Gasteiger charge is 2.20. The van der Waals surface area contributed by atoms with Crippen LogP contribution in [0, 0.1) is 0 Å². The predicted molar refractivity (Wildman–Crippen MR) is 15.1 cm³/mol. The Hall–Kier alpha value is -0.255. The van der Waals surface area contributed by atoms with E-state index in [9.17, 15) is 17.4 Å². The maximum Gasteiger partial charge on any atom is 0.725 e. The summed E-state index contributed by atoms with van der Waals surface area (Å²) in [5.41, 5.74) is 0. The highest BCUT2D eigenvalue weighted by molar-refractivity contribution is 6.34. The van der Waals surface area contributed by atoms with Gasteiger partial charge in [-0.2, -0.15) is 8.78 Å². The largest absolute Gasteiger partial charge is 0.725 e. The van der Waals surface area contributed by atoms with Crippen molar-refractivity contribution >= 4 is 7.47 Å². The van der Waals surface area contributed by atoms with Crippen molar-refractivity contribution in [3.63, 3.8) is 0 Å². The van der Waals surface area contributed by atoms with Crippen molar-refractivity contribution in [2.75, 3.05) is 0 Å². The van der Waals surface area contributed by atoms with Crippen molar-refractivity contribution in [1.29, 1.82) is 0 Å². The molecule has 0 aliphatic carbocycles. The molecule has 0 N–H and O–H groups in total. The van der Waals surface area contributed by atoms with Crippen molar-refractivity contribution in [2.24, 2.45) is 0 Å². The van der Waals surface area contributed by atoms with E-state index < -0.39 is 14.1 Å². The Morgan fingerprint density at radius 1 is 1.29 bits per heavy atom. The molecule has 0 amide bonds. The van der Waals surface area contributed by atoms with Gasteiger partial charge in [-0.05, 0) is 0 Å². The summed E-state index contributed by atoms with van der Waals surface area (Å²) in [6, 6.07) is 0. The van der Waals surface area contributed by atoms with Gasteiger partial charge in [-0.25, -0.2) is 0 Å². The van der Waals surface area contributed by atoms with Crippen LogP contribution < -0.4 is 0 Å². The summed E-state index contributed by atoms with van der Waals surface area (Å²) < 4.78 is 44.9. The first-order valence-electron chi connectivity index (χ1n) is 1.34. The molecule has 7 heavy (non-hydrogen) atoms. The second-order valence-electron chi connectivity index (χ2n) is 0.657. The van der Waals surface area contributed by atoms with Crippen LogP contribution in [-0.2, 0) is 4.65 Å². The number of rotatable bonds is 2. The first-order valence-corrected chi connectivity index (χ1v) is 1.34. The van der Waals surface area contributed by atoms with E-state index in [-0.39, 0.29) is 0 Å². The third-order valence-electron chi connectivity index (χ3n) is 0.206. The van der Waals surface area contributed by atoms with Crippen LogP contribution in [0.15, 0.2) is 0 Å². The lowest BCUT2D eigenvalue weighted by Gasteiger charge is -1.92. The van der Waals surface area contributed by atoms with Crippen LogP contribution in [-0.4, -0.2) is 14.1 Å². The van der Waals surface area contributed by atoms with E-state index in [1.807, 2.05) is 0 Å². The van der Waals surface area contributed by atoms with Crippen molar-refractivity contribution in [3.8, 4) is 0 Å². The zero-order chi connectivity index (χ0) is 5.86. The summed E-state index contributed by atoms with van der Waals surface area (Å²) in [6.07, 6.45) is 0. The Kier molecular flexibility index (Phi) is 2.74. The maximum absolute atomic E-state index is 10.6. The lowest BCUT2D eigenvalue weighted by molar-refractivity contribution is -0.0663. The van der Waals surface area contributed by atoms with Gasteiger partial charge in [0.2, 0.25) is 0 Å². The zero-order valence-electron chi connectivity index (χ0n) is 3.07. The van der Waals surface area contributed by atoms with E-state index in [4.69, 9.17) is 0 Å². The molecule has 6 heteroatoms. The molecule has 0 aromatic carbocycles. The third kappa shape index (κ3) is 5.74. The number of halogens is 4. The molecular formula is CHBF4O. The van der Waals surface area contributed by atoms with Crippen LogP contribution in [0.3, 0.4) is 0 Å². The third-order valence-corrected chi connectivity index (χ3v) is 0.206. The molecule has 0 bridgehead atoms. The van der Waals surface area contributed by atoms with E-state index in [2.05, 4.69) is 4.65 Å². The molecule has 0 heterocycles. The Balaban J connectivity index is 2.95. The van der Waals surface area contributed by atoms with Crippen LogP contribution in [0.1, 0.15) is 0 Å². The fraction of sp³-hybridized carbons (Fsp3) is 1.00. The molecular weight excluding hydrogens is 115 g/mol. The summed E-state index contributed by atoms with van der Waals surface area (Å²) in [7, 11) is -3.38. The lowest BCUT2D eigenvalue weighted by Crippen LogP contribution is -2.09. The topological polar surface area (TPSA) is 9.23 Å². The van der Waals surface area contributed by atoms with E-state index in [1.54, 1.807) is 0 Å². The summed E-state index contributed by atoms with van der Waals surface area (Å²) in [6.45, 7) is -3.38. The Labute approximate surface area is 37.5 Å². The molecule has 0 saturated heterocycles. The number of hydrogen-bond donors (Lipinski definition) is 0. The molecule has 0 saturated carbocycles. The van der Waals surface area contributed by atoms with Crippen molar-refractivity contribution in [1.82, 2.24) is 0 Å². The van der Waals surface area contributed by atoms with Gasteiger partial charge in [0, 0.05) is 0 Å². The molecule has 0 aromatic rings. The predicted octanol–water partition coefficient (Wildman–Crippen LogP) is 1.15.